The highest BCUT2D eigenvalue weighted by Crippen LogP contribution is 2.38. The summed E-state index contributed by atoms with van der Waals surface area (Å²) >= 11 is 0. The molecule has 1 aromatic heterocycles. The molecule has 1 aliphatic carbocycles. The van der Waals surface area contributed by atoms with E-state index in [1.807, 2.05) is 4.90 Å². The first-order valence-electron chi connectivity index (χ1n) is 8.19. The lowest BCUT2D eigenvalue weighted by Crippen LogP contribution is -2.33. The summed E-state index contributed by atoms with van der Waals surface area (Å²) in [6.07, 6.45) is 3.90. The molecular weight excluding hydrogens is 278 g/mol. The number of hydrogen-bond acceptors (Lipinski definition) is 4. The molecule has 22 heavy (non-hydrogen) atoms. The molecule has 1 saturated carbocycles. The van der Waals surface area contributed by atoms with Crippen molar-refractivity contribution in [3.05, 3.63) is 23.9 Å². The molecule has 5 heteroatoms. The number of aromatic nitrogens is 1. The minimum Gasteiger partial charge on any atom is -0.477 e. The van der Waals surface area contributed by atoms with Gasteiger partial charge < -0.3 is 15.4 Å². The van der Waals surface area contributed by atoms with Crippen LogP contribution < -0.4 is 10.5 Å². The normalized spacial score (nSPS) is 27.3. The largest absolute Gasteiger partial charge is 0.477 e. The Morgan fingerprint density at radius 1 is 1.45 bits per heavy atom. The Morgan fingerprint density at radius 3 is 3.00 bits per heavy atom. The van der Waals surface area contributed by atoms with Gasteiger partial charge >= 0.3 is 0 Å². The van der Waals surface area contributed by atoms with Gasteiger partial charge in [-0.1, -0.05) is 13.8 Å². The maximum atomic E-state index is 12.8. The Bertz CT molecular complexity index is 546. The number of amides is 1. The first-order valence-corrected chi connectivity index (χ1v) is 8.19. The van der Waals surface area contributed by atoms with Crippen LogP contribution in [0.15, 0.2) is 18.3 Å². The Hall–Kier alpha value is -1.62. The van der Waals surface area contributed by atoms with Crippen molar-refractivity contribution in [3.63, 3.8) is 0 Å². The maximum Gasteiger partial charge on any atom is 0.259 e. The zero-order valence-electron chi connectivity index (χ0n) is 13.4. The lowest BCUT2D eigenvalue weighted by Gasteiger charge is -2.20. The van der Waals surface area contributed by atoms with E-state index in [1.54, 1.807) is 18.3 Å². The first kappa shape index (κ1) is 15.3. The molecule has 5 nitrogen and oxygen atoms in total. The van der Waals surface area contributed by atoms with Gasteiger partial charge in [-0.15, -0.1) is 0 Å². The average Bonchev–Trinajstić information content (AvgIpc) is 3.07. The zero-order valence-corrected chi connectivity index (χ0v) is 13.4. The minimum absolute atomic E-state index is 0.0217. The molecule has 120 valence electrons. The van der Waals surface area contributed by atoms with Gasteiger partial charge in [0.05, 0.1) is 6.61 Å². The van der Waals surface area contributed by atoms with Crippen LogP contribution in [-0.4, -0.2) is 41.5 Å². The minimum atomic E-state index is 0.0217. The number of fused-ring (bicyclic) bond motifs is 1. The molecule has 1 aromatic rings. The Morgan fingerprint density at radius 2 is 2.27 bits per heavy atom. The Kier molecular flexibility index (Phi) is 4.34. The molecule has 1 aliphatic heterocycles. The summed E-state index contributed by atoms with van der Waals surface area (Å²) in [6.45, 7) is 6.30. The fourth-order valence-electron chi connectivity index (χ4n) is 3.56. The number of carbonyl (C=O) groups excluding carboxylic acids is 1. The number of rotatable bonds is 4. The quantitative estimate of drug-likeness (QED) is 0.923. The van der Waals surface area contributed by atoms with E-state index in [9.17, 15) is 4.79 Å². The molecule has 1 saturated heterocycles. The summed E-state index contributed by atoms with van der Waals surface area (Å²) in [5.74, 6) is 1.89. The SMILES string of the molecule is CC(C)COc1ncccc1C(=O)N1CC2CCC(N)C2C1. The summed E-state index contributed by atoms with van der Waals surface area (Å²) < 4.78 is 5.71. The fraction of sp³-hybridized carbons (Fsp3) is 0.647. The third-order valence-electron chi connectivity index (χ3n) is 4.75. The van der Waals surface area contributed by atoms with Gasteiger partial charge in [0.1, 0.15) is 5.56 Å². The molecule has 3 atom stereocenters. The average molecular weight is 303 g/mol. The number of pyridine rings is 1. The molecular formula is C17H25N3O2. The Labute approximate surface area is 131 Å². The molecule has 3 unspecified atom stereocenters. The second-order valence-electron chi connectivity index (χ2n) is 6.94. The zero-order chi connectivity index (χ0) is 15.7. The van der Waals surface area contributed by atoms with E-state index in [1.165, 1.54) is 0 Å². The summed E-state index contributed by atoms with van der Waals surface area (Å²) in [4.78, 5) is 19.0. The van der Waals surface area contributed by atoms with Crippen LogP contribution >= 0.6 is 0 Å². The van der Waals surface area contributed by atoms with E-state index in [4.69, 9.17) is 10.5 Å². The van der Waals surface area contributed by atoms with Crippen molar-refractivity contribution < 1.29 is 9.53 Å². The van der Waals surface area contributed by atoms with Crippen molar-refractivity contribution in [1.29, 1.82) is 0 Å². The molecule has 0 spiro atoms. The van der Waals surface area contributed by atoms with Crippen LogP contribution in [-0.2, 0) is 0 Å². The van der Waals surface area contributed by atoms with Gasteiger partial charge in [-0.2, -0.15) is 0 Å². The second kappa shape index (κ2) is 6.24. The van der Waals surface area contributed by atoms with Crippen LogP contribution in [0.1, 0.15) is 37.0 Å². The molecule has 3 rings (SSSR count). The first-order chi connectivity index (χ1) is 10.6. The van der Waals surface area contributed by atoms with E-state index in [2.05, 4.69) is 18.8 Å². The van der Waals surface area contributed by atoms with Gasteiger partial charge in [-0.05, 0) is 42.7 Å². The summed E-state index contributed by atoms with van der Waals surface area (Å²) in [6, 6.07) is 3.84. The van der Waals surface area contributed by atoms with Crippen LogP contribution in [0.2, 0.25) is 0 Å². The van der Waals surface area contributed by atoms with Crippen molar-refractivity contribution in [2.75, 3.05) is 19.7 Å². The van der Waals surface area contributed by atoms with Gasteiger partial charge in [-0.25, -0.2) is 4.98 Å². The predicted molar refractivity (Wildman–Crippen MR) is 84.7 cm³/mol. The number of nitrogens with two attached hydrogens (primary N) is 1. The highest BCUT2D eigenvalue weighted by molar-refractivity contribution is 5.96. The molecule has 0 bridgehead atoms. The Balaban J connectivity index is 1.73. The van der Waals surface area contributed by atoms with Crippen LogP contribution in [0.5, 0.6) is 5.88 Å². The van der Waals surface area contributed by atoms with E-state index in [0.29, 0.717) is 35.8 Å². The highest BCUT2D eigenvalue weighted by atomic mass is 16.5. The van der Waals surface area contributed by atoms with Crippen LogP contribution in [0.3, 0.4) is 0 Å². The third kappa shape index (κ3) is 2.95. The van der Waals surface area contributed by atoms with Gasteiger partial charge in [-0.3, -0.25) is 4.79 Å². The topological polar surface area (TPSA) is 68.5 Å². The van der Waals surface area contributed by atoms with E-state index >= 15 is 0 Å². The standard InChI is InChI=1S/C17H25N3O2/c1-11(2)10-22-16-13(4-3-7-19-16)17(21)20-8-12-5-6-15(18)14(12)9-20/h3-4,7,11-12,14-15H,5-6,8-10,18H2,1-2H3. The summed E-state index contributed by atoms with van der Waals surface area (Å²) in [5.41, 5.74) is 6.72. The van der Waals surface area contributed by atoms with Crippen molar-refractivity contribution in [3.8, 4) is 5.88 Å². The van der Waals surface area contributed by atoms with Gasteiger partial charge in [0, 0.05) is 25.3 Å². The lowest BCUT2D eigenvalue weighted by atomic mass is 9.98. The number of ether oxygens (including phenoxy) is 1. The van der Waals surface area contributed by atoms with E-state index in [0.717, 1.165) is 25.9 Å². The number of likely N-dealkylation sites (tertiary alicyclic amines) is 1. The van der Waals surface area contributed by atoms with Gasteiger partial charge in [0.2, 0.25) is 5.88 Å². The van der Waals surface area contributed by atoms with Crippen LogP contribution in [0, 0.1) is 17.8 Å². The predicted octanol–water partition coefficient (Wildman–Crippen LogP) is 1.93. The van der Waals surface area contributed by atoms with Crippen molar-refractivity contribution >= 4 is 5.91 Å². The van der Waals surface area contributed by atoms with E-state index < -0.39 is 0 Å². The molecule has 2 heterocycles. The van der Waals surface area contributed by atoms with Crippen LogP contribution in [0.4, 0.5) is 0 Å². The number of nitrogens with zero attached hydrogens (tertiary/aromatic N) is 2. The molecule has 2 aliphatic rings. The maximum absolute atomic E-state index is 12.8. The van der Waals surface area contributed by atoms with E-state index in [-0.39, 0.29) is 11.9 Å². The molecule has 1 amide bonds. The molecule has 2 fully saturated rings. The van der Waals surface area contributed by atoms with Gasteiger partial charge in [0.25, 0.3) is 5.91 Å². The lowest BCUT2D eigenvalue weighted by molar-refractivity contribution is 0.0773. The smallest absolute Gasteiger partial charge is 0.259 e. The number of carbonyl (C=O) groups is 1. The second-order valence-corrected chi connectivity index (χ2v) is 6.94. The van der Waals surface area contributed by atoms with Crippen molar-refractivity contribution in [1.82, 2.24) is 9.88 Å². The monoisotopic (exact) mass is 303 g/mol. The fourth-order valence-corrected chi connectivity index (χ4v) is 3.56. The van der Waals surface area contributed by atoms with Crippen LogP contribution in [0.25, 0.3) is 0 Å². The summed E-state index contributed by atoms with van der Waals surface area (Å²) in [5, 5.41) is 0. The molecule has 0 radical (unpaired) electrons. The van der Waals surface area contributed by atoms with Crippen molar-refractivity contribution in [2.24, 2.45) is 23.5 Å². The van der Waals surface area contributed by atoms with Crippen molar-refractivity contribution in [2.45, 2.75) is 32.7 Å². The number of hydrogen-bond donors (Lipinski definition) is 1. The molecule has 2 N–H and O–H groups in total. The molecule has 0 aromatic carbocycles. The third-order valence-corrected chi connectivity index (χ3v) is 4.75. The highest BCUT2D eigenvalue weighted by Gasteiger charge is 2.43. The summed E-state index contributed by atoms with van der Waals surface area (Å²) in [7, 11) is 0. The van der Waals surface area contributed by atoms with Gasteiger partial charge in [0.15, 0.2) is 0 Å².